The quantitative estimate of drug-likeness (QED) is 0.730. The molecule has 1 aromatic heterocycles. The summed E-state index contributed by atoms with van der Waals surface area (Å²) in [5.41, 5.74) is 6.52. The zero-order valence-electron chi connectivity index (χ0n) is 11.3. The molecule has 0 fully saturated rings. The van der Waals surface area contributed by atoms with Crippen LogP contribution in [-0.2, 0) is 0 Å². The Bertz CT molecular complexity index is 362. The van der Waals surface area contributed by atoms with E-state index < -0.39 is 0 Å². The molecule has 0 saturated carbocycles. The summed E-state index contributed by atoms with van der Waals surface area (Å²) in [5, 5.41) is 2.95. The molecule has 100 valence electrons. The number of anilines is 1. The Kier molecular flexibility index (Phi) is 6.19. The maximum atomic E-state index is 11.8. The maximum absolute atomic E-state index is 11.8. The van der Waals surface area contributed by atoms with Crippen LogP contribution in [0.4, 0.5) is 5.69 Å². The van der Waals surface area contributed by atoms with Crippen LogP contribution < -0.4 is 11.1 Å². The molecule has 0 aliphatic rings. The van der Waals surface area contributed by atoms with Crippen molar-refractivity contribution in [3.05, 3.63) is 24.0 Å². The van der Waals surface area contributed by atoms with Crippen molar-refractivity contribution in [2.24, 2.45) is 0 Å². The van der Waals surface area contributed by atoms with Gasteiger partial charge in [-0.25, -0.2) is 4.98 Å². The van der Waals surface area contributed by atoms with Crippen molar-refractivity contribution >= 4 is 11.6 Å². The van der Waals surface area contributed by atoms with Crippen LogP contribution in [0.15, 0.2) is 18.3 Å². The number of hydrogen-bond acceptors (Lipinski definition) is 3. The van der Waals surface area contributed by atoms with E-state index in [1.807, 2.05) is 6.92 Å². The van der Waals surface area contributed by atoms with Gasteiger partial charge in [-0.3, -0.25) is 4.79 Å². The zero-order valence-corrected chi connectivity index (χ0v) is 11.3. The minimum atomic E-state index is -0.127. The molecule has 4 heteroatoms. The number of nitrogens with zero attached hydrogens (tertiary/aromatic N) is 1. The van der Waals surface area contributed by atoms with Gasteiger partial charge in [-0.1, -0.05) is 32.6 Å². The van der Waals surface area contributed by atoms with Crippen molar-refractivity contribution in [3.8, 4) is 0 Å². The van der Waals surface area contributed by atoms with E-state index in [1.165, 1.54) is 25.5 Å². The van der Waals surface area contributed by atoms with Crippen molar-refractivity contribution in [1.29, 1.82) is 0 Å². The molecule has 1 heterocycles. The van der Waals surface area contributed by atoms with Crippen molar-refractivity contribution in [1.82, 2.24) is 10.3 Å². The fraction of sp³-hybridized carbons (Fsp3) is 0.571. The molecule has 1 rings (SSSR count). The first kappa shape index (κ1) is 14.5. The number of rotatable bonds is 7. The van der Waals surface area contributed by atoms with Crippen LogP contribution in [0.5, 0.6) is 0 Å². The van der Waals surface area contributed by atoms with E-state index >= 15 is 0 Å². The second-order valence-corrected chi connectivity index (χ2v) is 4.70. The average Bonchev–Trinajstić information content (AvgIpc) is 2.35. The summed E-state index contributed by atoms with van der Waals surface area (Å²) in [7, 11) is 0. The normalized spacial score (nSPS) is 12.1. The predicted octanol–water partition coefficient (Wildman–Crippen LogP) is 2.75. The van der Waals surface area contributed by atoms with E-state index in [4.69, 9.17) is 5.73 Å². The summed E-state index contributed by atoms with van der Waals surface area (Å²) < 4.78 is 0. The summed E-state index contributed by atoms with van der Waals surface area (Å²) in [6, 6.07) is 3.52. The molecule has 18 heavy (non-hydrogen) atoms. The summed E-state index contributed by atoms with van der Waals surface area (Å²) in [4.78, 5) is 15.8. The van der Waals surface area contributed by atoms with Crippen LogP contribution in [0.25, 0.3) is 0 Å². The molecule has 0 bridgehead atoms. The van der Waals surface area contributed by atoms with Crippen LogP contribution in [0.3, 0.4) is 0 Å². The SMILES string of the molecule is CCCCCCC(C)NC(=O)c1ccc(N)cn1. The van der Waals surface area contributed by atoms with Crippen molar-refractivity contribution in [2.75, 3.05) is 5.73 Å². The standard InChI is InChI=1S/C14H23N3O/c1-3-4-5-6-7-11(2)17-14(18)13-9-8-12(15)10-16-13/h8-11H,3-7,15H2,1-2H3,(H,17,18). The molecule has 0 aromatic carbocycles. The maximum Gasteiger partial charge on any atom is 0.270 e. The summed E-state index contributed by atoms with van der Waals surface area (Å²) in [6.07, 6.45) is 7.40. The molecule has 0 radical (unpaired) electrons. The number of amides is 1. The summed E-state index contributed by atoms with van der Waals surface area (Å²) in [5.74, 6) is -0.127. The lowest BCUT2D eigenvalue weighted by molar-refractivity contribution is 0.0933. The number of nitrogen functional groups attached to an aromatic ring is 1. The molecule has 1 aromatic rings. The van der Waals surface area contributed by atoms with E-state index in [0.29, 0.717) is 11.4 Å². The van der Waals surface area contributed by atoms with Gasteiger partial charge >= 0.3 is 0 Å². The lowest BCUT2D eigenvalue weighted by atomic mass is 10.1. The van der Waals surface area contributed by atoms with Crippen molar-refractivity contribution < 1.29 is 4.79 Å². The third kappa shape index (κ3) is 5.17. The number of carbonyl (C=O) groups excluding carboxylic acids is 1. The van der Waals surface area contributed by atoms with E-state index in [1.54, 1.807) is 12.1 Å². The Morgan fingerprint density at radius 1 is 1.39 bits per heavy atom. The van der Waals surface area contributed by atoms with Gasteiger partial charge in [-0.05, 0) is 25.5 Å². The Morgan fingerprint density at radius 3 is 2.78 bits per heavy atom. The van der Waals surface area contributed by atoms with Gasteiger partial charge in [0.2, 0.25) is 0 Å². The van der Waals surface area contributed by atoms with Gasteiger partial charge < -0.3 is 11.1 Å². The first-order valence-electron chi connectivity index (χ1n) is 6.66. The highest BCUT2D eigenvalue weighted by Crippen LogP contribution is 2.06. The van der Waals surface area contributed by atoms with Gasteiger partial charge in [0, 0.05) is 6.04 Å². The van der Waals surface area contributed by atoms with Gasteiger partial charge in [-0.2, -0.15) is 0 Å². The highest BCUT2D eigenvalue weighted by atomic mass is 16.1. The third-order valence-corrected chi connectivity index (χ3v) is 2.89. The molecule has 1 amide bonds. The van der Waals surface area contributed by atoms with Crippen LogP contribution in [0, 0.1) is 0 Å². The molecular weight excluding hydrogens is 226 g/mol. The number of carbonyl (C=O) groups is 1. The minimum absolute atomic E-state index is 0.127. The second kappa shape index (κ2) is 7.69. The molecule has 1 atom stereocenters. The highest BCUT2D eigenvalue weighted by molar-refractivity contribution is 5.92. The molecule has 1 unspecified atom stereocenters. The summed E-state index contributed by atoms with van der Waals surface area (Å²) in [6.45, 7) is 4.22. The predicted molar refractivity (Wildman–Crippen MR) is 74.3 cm³/mol. The molecule has 0 aliphatic heterocycles. The topological polar surface area (TPSA) is 68.0 Å². The first-order chi connectivity index (χ1) is 8.63. The van der Waals surface area contributed by atoms with Gasteiger partial charge in [0.25, 0.3) is 5.91 Å². The van der Waals surface area contributed by atoms with Crippen molar-refractivity contribution in [2.45, 2.75) is 52.0 Å². The smallest absolute Gasteiger partial charge is 0.270 e. The van der Waals surface area contributed by atoms with Gasteiger partial charge in [0.05, 0.1) is 11.9 Å². The fourth-order valence-corrected chi connectivity index (χ4v) is 1.79. The lowest BCUT2D eigenvalue weighted by Crippen LogP contribution is -2.33. The van der Waals surface area contributed by atoms with Crippen LogP contribution >= 0.6 is 0 Å². The van der Waals surface area contributed by atoms with E-state index in [-0.39, 0.29) is 11.9 Å². The number of nitrogens with two attached hydrogens (primary N) is 1. The van der Waals surface area contributed by atoms with Gasteiger partial charge in [0.15, 0.2) is 0 Å². The molecule has 4 nitrogen and oxygen atoms in total. The average molecular weight is 249 g/mol. The molecular formula is C14H23N3O. The van der Waals surface area contributed by atoms with E-state index in [9.17, 15) is 4.79 Å². The second-order valence-electron chi connectivity index (χ2n) is 4.70. The van der Waals surface area contributed by atoms with Crippen molar-refractivity contribution in [3.63, 3.8) is 0 Å². The lowest BCUT2D eigenvalue weighted by Gasteiger charge is -2.13. The zero-order chi connectivity index (χ0) is 13.4. The molecule has 0 aliphatic carbocycles. The van der Waals surface area contributed by atoms with Crippen LogP contribution in [0.2, 0.25) is 0 Å². The molecule has 0 spiro atoms. The fourth-order valence-electron chi connectivity index (χ4n) is 1.79. The van der Waals surface area contributed by atoms with Crippen LogP contribution in [0.1, 0.15) is 56.4 Å². The number of pyridine rings is 1. The highest BCUT2D eigenvalue weighted by Gasteiger charge is 2.10. The van der Waals surface area contributed by atoms with Gasteiger partial charge in [0.1, 0.15) is 5.69 Å². The number of unbranched alkanes of at least 4 members (excludes halogenated alkanes) is 3. The van der Waals surface area contributed by atoms with Crippen LogP contribution in [-0.4, -0.2) is 16.9 Å². The number of hydrogen-bond donors (Lipinski definition) is 2. The Labute approximate surface area is 109 Å². The Balaban J connectivity index is 2.33. The molecule has 3 N–H and O–H groups in total. The monoisotopic (exact) mass is 249 g/mol. The first-order valence-corrected chi connectivity index (χ1v) is 6.66. The Morgan fingerprint density at radius 2 is 2.17 bits per heavy atom. The Hall–Kier alpha value is -1.58. The number of aromatic nitrogens is 1. The van der Waals surface area contributed by atoms with E-state index in [0.717, 1.165) is 12.8 Å². The molecule has 0 saturated heterocycles. The van der Waals surface area contributed by atoms with E-state index in [2.05, 4.69) is 17.2 Å². The number of nitrogens with one attached hydrogen (secondary N) is 1. The minimum Gasteiger partial charge on any atom is -0.397 e. The third-order valence-electron chi connectivity index (χ3n) is 2.89. The largest absolute Gasteiger partial charge is 0.397 e. The van der Waals surface area contributed by atoms with Gasteiger partial charge in [-0.15, -0.1) is 0 Å². The summed E-state index contributed by atoms with van der Waals surface area (Å²) >= 11 is 0.